The van der Waals surface area contributed by atoms with Gasteiger partial charge in [0.05, 0.1) is 13.2 Å². The molecule has 112 valence electrons. The minimum Gasteiger partial charge on any atom is -0.497 e. The van der Waals surface area contributed by atoms with Crippen LogP contribution in [0.2, 0.25) is 0 Å². The second-order valence-corrected chi connectivity index (χ2v) is 5.44. The topological polar surface area (TPSA) is 21.3 Å². The predicted molar refractivity (Wildman–Crippen MR) is 93.6 cm³/mol. The maximum absolute atomic E-state index is 5.21. The molecule has 0 fully saturated rings. The third-order valence-corrected chi connectivity index (χ3v) is 4.02. The van der Waals surface area contributed by atoms with Crippen molar-refractivity contribution in [2.24, 2.45) is 0 Å². The van der Waals surface area contributed by atoms with Crippen molar-refractivity contribution in [2.45, 2.75) is 19.4 Å². The van der Waals surface area contributed by atoms with Crippen LogP contribution in [0.25, 0.3) is 10.8 Å². The van der Waals surface area contributed by atoms with Crippen molar-refractivity contribution in [2.75, 3.05) is 12.4 Å². The third-order valence-electron chi connectivity index (χ3n) is 4.02. The lowest BCUT2D eigenvalue weighted by Crippen LogP contribution is -2.09. The Balaban J connectivity index is 1.85. The standard InChI is InChI=1S/C20H21NO/c1-3-20(21-18-10-12-19(22-2)13-11-18)17-9-8-15-6-4-5-7-16(15)14-17/h4-14,20-21H,3H2,1-2H3. The summed E-state index contributed by atoms with van der Waals surface area (Å²) in [6, 6.07) is 23.6. The van der Waals surface area contributed by atoms with Gasteiger partial charge in [0, 0.05) is 5.69 Å². The van der Waals surface area contributed by atoms with Gasteiger partial charge >= 0.3 is 0 Å². The Kier molecular flexibility index (Phi) is 4.29. The highest BCUT2D eigenvalue weighted by atomic mass is 16.5. The number of fused-ring (bicyclic) bond motifs is 1. The van der Waals surface area contributed by atoms with Crippen molar-refractivity contribution < 1.29 is 4.74 Å². The smallest absolute Gasteiger partial charge is 0.119 e. The molecule has 0 saturated heterocycles. The minimum atomic E-state index is 0.304. The van der Waals surface area contributed by atoms with Gasteiger partial charge in [0.15, 0.2) is 0 Å². The zero-order valence-corrected chi connectivity index (χ0v) is 13.0. The van der Waals surface area contributed by atoms with E-state index in [-0.39, 0.29) is 0 Å². The fraction of sp³-hybridized carbons (Fsp3) is 0.200. The molecule has 0 aliphatic carbocycles. The van der Waals surface area contributed by atoms with Gasteiger partial charge in [-0.25, -0.2) is 0 Å². The van der Waals surface area contributed by atoms with Gasteiger partial charge in [0.2, 0.25) is 0 Å². The van der Waals surface area contributed by atoms with Gasteiger partial charge < -0.3 is 10.1 Å². The molecule has 0 spiro atoms. The molecule has 22 heavy (non-hydrogen) atoms. The molecule has 0 saturated carbocycles. The summed E-state index contributed by atoms with van der Waals surface area (Å²) in [4.78, 5) is 0. The normalized spacial score (nSPS) is 12.1. The van der Waals surface area contributed by atoms with E-state index >= 15 is 0 Å². The molecule has 0 bridgehead atoms. The van der Waals surface area contributed by atoms with E-state index in [0.29, 0.717) is 6.04 Å². The quantitative estimate of drug-likeness (QED) is 0.678. The van der Waals surface area contributed by atoms with Crippen LogP contribution >= 0.6 is 0 Å². The zero-order valence-electron chi connectivity index (χ0n) is 13.0. The summed E-state index contributed by atoms with van der Waals surface area (Å²) >= 11 is 0. The second-order valence-electron chi connectivity index (χ2n) is 5.44. The zero-order chi connectivity index (χ0) is 15.4. The van der Waals surface area contributed by atoms with Crippen LogP contribution in [0.1, 0.15) is 24.9 Å². The van der Waals surface area contributed by atoms with Crippen LogP contribution in [0.15, 0.2) is 66.7 Å². The largest absolute Gasteiger partial charge is 0.497 e. The fourth-order valence-corrected chi connectivity index (χ4v) is 2.73. The van der Waals surface area contributed by atoms with Crippen molar-refractivity contribution >= 4 is 16.5 Å². The highest BCUT2D eigenvalue weighted by Crippen LogP contribution is 2.26. The lowest BCUT2D eigenvalue weighted by Gasteiger charge is -2.19. The second kappa shape index (κ2) is 6.52. The van der Waals surface area contributed by atoms with E-state index < -0.39 is 0 Å². The van der Waals surface area contributed by atoms with Gasteiger partial charge in [-0.15, -0.1) is 0 Å². The van der Waals surface area contributed by atoms with Crippen LogP contribution < -0.4 is 10.1 Å². The lowest BCUT2D eigenvalue weighted by atomic mass is 10.00. The van der Waals surface area contributed by atoms with Gasteiger partial charge in [-0.3, -0.25) is 0 Å². The average molecular weight is 291 g/mol. The van der Waals surface area contributed by atoms with Gasteiger partial charge in [-0.1, -0.05) is 43.3 Å². The summed E-state index contributed by atoms with van der Waals surface area (Å²) < 4.78 is 5.21. The van der Waals surface area contributed by atoms with E-state index in [1.165, 1.54) is 16.3 Å². The van der Waals surface area contributed by atoms with Crippen LogP contribution in [0.3, 0.4) is 0 Å². The average Bonchev–Trinajstić information content (AvgIpc) is 2.59. The summed E-state index contributed by atoms with van der Waals surface area (Å²) in [5.41, 5.74) is 2.43. The molecule has 3 rings (SSSR count). The summed E-state index contributed by atoms with van der Waals surface area (Å²) in [6.07, 6.45) is 1.03. The van der Waals surface area contributed by atoms with Crippen molar-refractivity contribution in [1.82, 2.24) is 0 Å². The highest BCUT2D eigenvalue weighted by Gasteiger charge is 2.09. The van der Waals surface area contributed by atoms with Gasteiger partial charge in [-0.05, 0) is 53.1 Å². The Labute approximate surface area is 131 Å². The minimum absolute atomic E-state index is 0.304. The first kappa shape index (κ1) is 14.5. The Bertz CT molecular complexity index is 749. The van der Waals surface area contributed by atoms with Gasteiger partial charge in [0.25, 0.3) is 0 Å². The molecule has 0 radical (unpaired) electrons. The SMILES string of the molecule is CCC(Nc1ccc(OC)cc1)c1ccc2ccccc2c1. The molecule has 2 heteroatoms. The fourth-order valence-electron chi connectivity index (χ4n) is 2.73. The lowest BCUT2D eigenvalue weighted by molar-refractivity contribution is 0.415. The molecule has 0 amide bonds. The molecule has 0 aromatic heterocycles. The predicted octanol–water partition coefficient (Wildman–Crippen LogP) is 5.41. The van der Waals surface area contributed by atoms with Crippen LogP contribution in [0, 0.1) is 0 Å². The summed E-state index contributed by atoms with van der Waals surface area (Å²) in [7, 11) is 1.69. The Morgan fingerprint density at radius 1 is 0.909 bits per heavy atom. The van der Waals surface area contributed by atoms with Crippen LogP contribution in [0.5, 0.6) is 5.75 Å². The van der Waals surface area contributed by atoms with E-state index in [1.807, 2.05) is 12.1 Å². The molecule has 1 unspecified atom stereocenters. The van der Waals surface area contributed by atoms with Crippen molar-refractivity contribution in [1.29, 1.82) is 0 Å². The molecule has 0 aliphatic rings. The van der Waals surface area contributed by atoms with E-state index in [1.54, 1.807) is 7.11 Å². The molecule has 1 atom stereocenters. The molecular formula is C20H21NO. The first-order chi connectivity index (χ1) is 10.8. The van der Waals surface area contributed by atoms with E-state index in [4.69, 9.17) is 4.74 Å². The number of benzene rings is 3. The molecule has 3 aromatic carbocycles. The molecule has 1 N–H and O–H groups in total. The maximum Gasteiger partial charge on any atom is 0.119 e. The van der Waals surface area contributed by atoms with Crippen molar-refractivity contribution in [3.05, 3.63) is 72.3 Å². The number of hydrogen-bond donors (Lipinski definition) is 1. The first-order valence-electron chi connectivity index (χ1n) is 7.69. The number of anilines is 1. The van der Waals surface area contributed by atoms with Crippen LogP contribution in [0.4, 0.5) is 5.69 Å². The summed E-state index contributed by atoms with van der Waals surface area (Å²) in [5.74, 6) is 0.879. The summed E-state index contributed by atoms with van der Waals surface area (Å²) in [6.45, 7) is 2.20. The number of rotatable bonds is 5. The Hall–Kier alpha value is -2.48. The first-order valence-corrected chi connectivity index (χ1v) is 7.69. The Morgan fingerprint density at radius 3 is 2.32 bits per heavy atom. The van der Waals surface area contributed by atoms with Crippen LogP contribution in [-0.2, 0) is 0 Å². The monoisotopic (exact) mass is 291 g/mol. The Morgan fingerprint density at radius 2 is 1.64 bits per heavy atom. The van der Waals surface area contributed by atoms with Crippen molar-refractivity contribution in [3.63, 3.8) is 0 Å². The number of hydrogen-bond acceptors (Lipinski definition) is 2. The third kappa shape index (κ3) is 3.06. The van der Waals surface area contributed by atoms with Gasteiger partial charge in [0.1, 0.15) is 5.75 Å². The van der Waals surface area contributed by atoms with Crippen LogP contribution in [-0.4, -0.2) is 7.11 Å². The number of ether oxygens (including phenoxy) is 1. The highest BCUT2D eigenvalue weighted by molar-refractivity contribution is 5.83. The van der Waals surface area contributed by atoms with Crippen molar-refractivity contribution in [3.8, 4) is 5.75 Å². The van der Waals surface area contributed by atoms with E-state index in [9.17, 15) is 0 Å². The summed E-state index contributed by atoms with van der Waals surface area (Å²) in [5, 5.41) is 6.18. The van der Waals surface area contributed by atoms with Gasteiger partial charge in [-0.2, -0.15) is 0 Å². The molecular weight excluding hydrogens is 270 g/mol. The number of methoxy groups -OCH3 is 1. The number of nitrogens with one attached hydrogen (secondary N) is 1. The van der Waals surface area contributed by atoms with E-state index in [2.05, 4.69) is 66.8 Å². The maximum atomic E-state index is 5.21. The molecule has 3 aromatic rings. The molecule has 2 nitrogen and oxygen atoms in total. The van der Waals surface area contributed by atoms with E-state index in [0.717, 1.165) is 17.9 Å². The molecule has 0 aliphatic heterocycles. The molecule has 0 heterocycles.